The van der Waals surface area contributed by atoms with Crippen LogP contribution in [0.3, 0.4) is 0 Å². The first-order valence-corrected chi connectivity index (χ1v) is 5.26. The maximum atomic E-state index is 11.1. The lowest BCUT2D eigenvalue weighted by molar-refractivity contribution is -0.123. The van der Waals surface area contributed by atoms with E-state index in [1.54, 1.807) is 33.5 Å². The second kappa shape index (κ2) is 10.3. The Balaban J connectivity index is 3.44. The van der Waals surface area contributed by atoms with E-state index in [0.717, 1.165) is 19.6 Å². The summed E-state index contributed by atoms with van der Waals surface area (Å²) < 4.78 is 4.90. The first-order chi connectivity index (χ1) is 7.68. The van der Waals surface area contributed by atoms with Crippen molar-refractivity contribution in [1.29, 1.82) is 0 Å². The Morgan fingerprint density at radius 2 is 2.25 bits per heavy atom. The minimum atomic E-state index is -0.0421. The first kappa shape index (κ1) is 14.8. The number of aliphatic imine (C=N–C) groups is 1. The summed E-state index contributed by atoms with van der Waals surface area (Å²) in [5.41, 5.74) is 0. The number of amides is 1. The molecule has 0 aromatic carbocycles. The van der Waals surface area contributed by atoms with E-state index in [1.165, 1.54) is 11.0 Å². The summed E-state index contributed by atoms with van der Waals surface area (Å²) in [4.78, 5) is 16.7. The molecule has 1 amide bonds. The van der Waals surface area contributed by atoms with Crippen LogP contribution in [0.25, 0.3) is 0 Å². The molecule has 0 bridgehead atoms. The number of carbonyl (C=O) groups excluding carboxylic acids is 1. The number of rotatable bonds is 8. The highest BCUT2D eigenvalue weighted by Gasteiger charge is 1.94. The van der Waals surface area contributed by atoms with Gasteiger partial charge in [0.05, 0.1) is 6.67 Å². The van der Waals surface area contributed by atoms with Crippen molar-refractivity contribution in [3.63, 3.8) is 0 Å². The van der Waals surface area contributed by atoms with Crippen LogP contribution in [0.2, 0.25) is 0 Å². The lowest BCUT2D eigenvalue weighted by Gasteiger charge is -2.04. The summed E-state index contributed by atoms with van der Waals surface area (Å²) in [5, 5.41) is 3.12. The SMILES string of the molecule is COCCCNCN=C/C=C/C(=O)N(C)C. The van der Waals surface area contributed by atoms with Gasteiger partial charge in [-0.25, -0.2) is 0 Å². The van der Waals surface area contributed by atoms with Crippen molar-refractivity contribution in [2.24, 2.45) is 4.99 Å². The van der Waals surface area contributed by atoms with E-state index in [-0.39, 0.29) is 5.91 Å². The fraction of sp³-hybridized carbons (Fsp3) is 0.636. The summed E-state index contributed by atoms with van der Waals surface area (Å²) >= 11 is 0. The third-order valence-electron chi connectivity index (χ3n) is 1.78. The minimum absolute atomic E-state index is 0.0421. The lowest BCUT2D eigenvalue weighted by atomic mass is 10.4. The quantitative estimate of drug-likeness (QED) is 0.368. The third-order valence-corrected chi connectivity index (χ3v) is 1.78. The van der Waals surface area contributed by atoms with Gasteiger partial charge in [-0.05, 0) is 19.0 Å². The minimum Gasteiger partial charge on any atom is -0.385 e. The largest absolute Gasteiger partial charge is 0.385 e. The molecule has 16 heavy (non-hydrogen) atoms. The topological polar surface area (TPSA) is 53.9 Å². The highest BCUT2D eigenvalue weighted by Crippen LogP contribution is 1.80. The Hall–Kier alpha value is -1.20. The number of likely N-dealkylation sites (N-methyl/N-ethyl adjacent to an activating group) is 1. The average Bonchev–Trinajstić information content (AvgIpc) is 2.26. The van der Waals surface area contributed by atoms with Gasteiger partial charge in [0.25, 0.3) is 0 Å². The standard InChI is InChI=1S/C11H21N3O2/c1-14(2)11(15)6-4-7-12-10-13-8-5-9-16-3/h4,6-7,13H,5,8-10H2,1-3H3/b6-4+,12-7?. The monoisotopic (exact) mass is 227 g/mol. The maximum absolute atomic E-state index is 11.1. The van der Waals surface area contributed by atoms with Gasteiger partial charge < -0.3 is 9.64 Å². The molecule has 0 atom stereocenters. The van der Waals surface area contributed by atoms with Crippen molar-refractivity contribution in [2.75, 3.05) is 41.0 Å². The van der Waals surface area contributed by atoms with Gasteiger partial charge in [-0.3, -0.25) is 15.1 Å². The molecule has 0 aliphatic carbocycles. The maximum Gasteiger partial charge on any atom is 0.246 e. The van der Waals surface area contributed by atoms with E-state index >= 15 is 0 Å². The van der Waals surface area contributed by atoms with Gasteiger partial charge in [0.15, 0.2) is 0 Å². The second-order valence-corrected chi connectivity index (χ2v) is 3.43. The number of carbonyl (C=O) groups is 1. The Morgan fingerprint density at radius 3 is 2.88 bits per heavy atom. The van der Waals surface area contributed by atoms with Crippen molar-refractivity contribution >= 4 is 12.1 Å². The van der Waals surface area contributed by atoms with Crippen LogP contribution in [-0.4, -0.2) is 58.0 Å². The van der Waals surface area contributed by atoms with Crippen molar-refractivity contribution in [2.45, 2.75) is 6.42 Å². The van der Waals surface area contributed by atoms with E-state index in [2.05, 4.69) is 10.3 Å². The first-order valence-electron chi connectivity index (χ1n) is 5.26. The summed E-state index contributed by atoms with van der Waals surface area (Å²) in [6.07, 6.45) is 5.71. The zero-order valence-electron chi connectivity index (χ0n) is 10.3. The predicted molar refractivity (Wildman–Crippen MR) is 65.7 cm³/mol. The van der Waals surface area contributed by atoms with E-state index in [9.17, 15) is 4.79 Å². The molecule has 0 fully saturated rings. The smallest absolute Gasteiger partial charge is 0.246 e. The molecule has 0 radical (unpaired) electrons. The number of nitrogens with zero attached hydrogens (tertiary/aromatic N) is 2. The van der Waals surface area contributed by atoms with Crippen molar-refractivity contribution in [3.05, 3.63) is 12.2 Å². The van der Waals surface area contributed by atoms with E-state index < -0.39 is 0 Å². The molecular formula is C11H21N3O2. The lowest BCUT2D eigenvalue weighted by Crippen LogP contribution is -2.18. The molecule has 0 aliphatic rings. The summed E-state index contributed by atoms with van der Waals surface area (Å²) in [5.74, 6) is -0.0421. The molecule has 5 heteroatoms. The highest BCUT2D eigenvalue weighted by molar-refractivity contribution is 5.91. The Kier molecular flexibility index (Phi) is 9.55. The van der Waals surface area contributed by atoms with Gasteiger partial charge in [-0.1, -0.05) is 0 Å². The van der Waals surface area contributed by atoms with Gasteiger partial charge >= 0.3 is 0 Å². The van der Waals surface area contributed by atoms with Crippen molar-refractivity contribution in [1.82, 2.24) is 10.2 Å². The fourth-order valence-corrected chi connectivity index (χ4v) is 0.873. The average molecular weight is 227 g/mol. The molecule has 0 saturated heterocycles. The number of methoxy groups -OCH3 is 1. The molecule has 0 aromatic rings. The van der Waals surface area contributed by atoms with Crippen LogP contribution in [-0.2, 0) is 9.53 Å². The summed E-state index contributed by atoms with van der Waals surface area (Å²) in [6, 6.07) is 0. The van der Waals surface area contributed by atoms with Crippen LogP contribution >= 0.6 is 0 Å². The van der Waals surface area contributed by atoms with Gasteiger partial charge in [0, 0.05) is 40.1 Å². The normalized spacial score (nSPS) is 11.4. The Labute approximate surface area is 97.2 Å². The molecule has 0 aromatic heterocycles. The zero-order valence-corrected chi connectivity index (χ0v) is 10.3. The van der Waals surface area contributed by atoms with Crippen LogP contribution in [0.15, 0.2) is 17.1 Å². The molecule has 0 unspecified atom stereocenters. The number of allylic oxidation sites excluding steroid dienone is 1. The molecule has 0 rings (SSSR count). The molecule has 0 saturated carbocycles. The molecule has 5 nitrogen and oxygen atoms in total. The Bertz CT molecular complexity index is 237. The second-order valence-electron chi connectivity index (χ2n) is 3.43. The van der Waals surface area contributed by atoms with Crippen LogP contribution in [0.5, 0.6) is 0 Å². The molecule has 0 heterocycles. The number of ether oxygens (including phenoxy) is 1. The Morgan fingerprint density at radius 1 is 1.50 bits per heavy atom. The predicted octanol–water partition coefficient (Wildman–Crippen LogP) is 0.285. The number of hydrogen-bond donors (Lipinski definition) is 1. The van der Waals surface area contributed by atoms with Crippen LogP contribution in [0.4, 0.5) is 0 Å². The van der Waals surface area contributed by atoms with Gasteiger partial charge in [0.2, 0.25) is 5.91 Å². The summed E-state index contributed by atoms with van der Waals surface area (Å²) in [7, 11) is 5.10. The third kappa shape index (κ3) is 9.36. The number of hydrogen-bond acceptors (Lipinski definition) is 4. The molecule has 1 N–H and O–H groups in total. The van der Waals surface area contributed by atoms with Crippen molar-refractivity contribution < 1.29 is 9.53 Å². The molecule has 0 spiro atoms. The molecular weight excluding hydrogens is 206 g/mol. The molecule has 92 valence electrons. The van der Waals surface area contributed by atoms with Crippen LogP contribution in [0, 0.1) is 0 Å². The van der Waals surface area contributed by atoms with E-state index in [1.807, 2.05) is 0 Å². The van der Waals surface area contributed by atoms with Crippen LogP contribution in [0.1, 0.15) is 6.42 Å². The zero-order chi connectivity index (χ0) is 12.2. The highest BCUT2D eigenvalue weighted by atomic mass is 16.5. The van der Waals surface area contributed by atoms with E-state index in [0.29, 0.717) is 6.67 Å². The summed E-state index contributed by atoms with van der Waals surface area (Å²) in [6.45, 7) is 2.20. The van der Waals surface area contributed by atoms with Crippen LogP contribution < -0.4 is 5.32 Å². The fourth-order valence-electron chi connectivity index (χ4n) is 0.873. The van der Waals surface area contributed by atoms with Crippen molar-refractivity contribution in [3.8, 4) is 0 Å². The van der Waals surface area contributed by atoms with Gasteiger partial charge in [0.1, 0.15) is 0 Å². The van der Waals surface area contributed by atoms with Gasteiger partial charge in [-0.15, -0.1) is 0 Å². The number of nitrogens with one attached hydrogen (secondary N) is 1. The molecule has 0 aliphatic heterocycles. The van der Waals surface area contributed by atoms with Gasteiger partial charge in [-0.2, -0.15) is 0 Å². The van der Waals surface area contributed by atoms with E-state index in [4.69, 9.17) is 4.74 Å².